The number of hydrogen-bond acceptors (Lipinski definition) is 2. The molecule has 0 atom stereocenters. The zero-order chi connectivity index (χ0) is 10.4. The Balaban J connectivity index is 2.92. The van der Waals surface area contributed by atoms with Crippen LogP contribution in [0.1, 0.15) is 5.56 Å². The van der Waals surface area contributed by atoms with E-state index >= 15 is 0 Å². The maximum absolute atomic E-state index is 8.77. The van der Waals surface area contributed by atoms with Gasteiger partial charge >= 0.3 is 0 Å². The van der Waals surface area contributed by atoms with Gasteiger partial charge in [0.2, 0.25) is 0 Å². The van der Waals surface area contributed by atoms with Crippen LogP contribution in [0, 0.1) is 0 Å². The lowest BCUT2D eigenvalue weighted by atomic mass is 10.2. The van der Waals surface area contributed by atoms with Gasteiger partial charge in [-0.15, -0.1) is 5.73 Å². The molecule has 0 aliphatic heterocycles. The largest absolute Gasteiger partial charge is 0.391 e. The van der Waals surface area contributed by atoms with E-state index in [9.17, 15) is 0 Å². The fourth-order valence-corrected chi connectivity index (χ4v) is 1.34. The van der Waals surface area contributed by atoms with Gasteiger partial charge in [0.25, 0.3) is 0 Å². The van der Waals surface area contributed by atoms with Crippen molar-refractivity contribution < 1.29 is 10.2 Å². The topological polar surface area (TPSA) is 40.5 Å². The second-order valence-corrected chi connectivity index (χ2v) is 3.68. The molecule has 0 saturated carbocycles. The summed E-state index contributed by atoms with van der Waals surface area (Å²) in [6, 6.07) is 7.69. The molecule has 0 amide bonds. The van der Waals surface area contributed by atoms with Crippen LogP contribution in [0.15, 0.2) is 40.0 Å². The van der Waals surface area contributed by atoms with Crippen molar-refractivity contribution in [3.8, 4) is 0 Å². The second kappa shape index (κ2) is 5.78. The van der Waals surface area contributed by atoms with Gasteiger partial charge in [0.1, 0.15) is 0 Å². The minimum atomic E-state index is -0.166. The van der Waals surface area contributed by atoms with Crippen molar-refractivity contribution >= 4 is 22.0 Å². The summed E-state index contributed by atoms with van der Waals surface area (Å²) in [5.41, 5.74) is 4.28. The van der Waals surface area contributed by atoms with Gasteiger partial charge in [0.15, 0.2) is 0 Å². The highest BCUT2D eigenvalue weighted by Gasteiger charge is 1.90. The summed E-state index contributed by atoms with van der Waals surface area (Å²) >= 11 is 3.35. The van der Waals surface area contributed by atoms with E-state index in [1.54, 1.807) is 6.08 Å². The second-order valence-electron chi connectivity index (χ2n) is 2.76. The van der Waals surface area contributed by atoms with Crippen molar-refractivity contribution in [3.05, 3.63) is 45.6 Å². The van der Waals surface area contributed by atoms with E-state index in [0.717, 1.165) is 10.0 Å². The van der Waals surface area contributed by atoms with Crippen molar-refractivity contribution in [1.29, 1.82) is 0 Å². The van der Waals surface area contributed by atoms with Crippen LogP contribution in [0.3, 0.4) is 0 Å². The molecule has 0 heterocycles. The first-order valence-corrected chi connectivity index (χ1v) is 4.97. The summed E-state index contributed by atoms with van der Waals surface area (Å²) < 4.78 is 0.989. The molecule has 2 N–H and O–H groups in total. The number of benzene rings is 1. The maximum atomic E-state index is 8.77. The van der Waals surface area contributed by atoms with E-state index in [1.807, 2.05) is 24.3 Å². The first kappa shape index (κ1) is 11.2. The molecule has 0 spiro atoms. The minimum Gasteiger partial charge on any atom is -0.391 e. The highest BCUT2D eigenvalue weighted by molar-refractivity contribution is 9.10. The van der Waals surface area contributed by atoms with E-state index in [2.05, 4.69) is 21.7 Å². The molecule has 0 bridgehead atoms. The molecule has 2 nitrogen and oxygen atoms in total. The summed E-state index contributed by atoms with van der Waals surface area (Å²) in [5, 5.41) is 17.5. The third-order valence-electron chi connectivity index (χ3n) is 1.67. The van der Waals surface area contributed by atoms with E-state index in [1.165, 1.54) is 0 Å². The van der Waals surface area contributed by atoms with Gasteiger partial charge in [-0.1, -0.05) is 28.1 Å². The molecule has 0 unspecified atom stereocenters. The molecule has 0 aliphatic rings. The third kappa shape index (κ3) is 3.48. The molecule has 0 fully saturated rings. The van der Waals surface area contributed by atoms with Gasteiger partial charge in [0.05, 0.1) is 13.2 Å². The van der Waals surface area contributed by atoms with Crippen LogP contribution in [0.5, 0.6) is 0 Å². The predicted molar refractivity (Wildman–Crippen MR) is 59.8 cm³/mol. The first-order chi connectivity index (χ1) is 6.76. The van der Waals surface area contributed by atoms with Gasteiger partial charge < -0.3 is 10.2 Å². The summed E-state index contributed by atoms with van der Waals surface area (Å²) in [6.07, 6.45) is 1.73. The molecule has 0 radical (unpaired) electrons. The molecule has 74 valence electrons. The monoisotopic (exact) mass is 254 g/mol. The van der Waals surface area contributed by atoms with E-state index in [0.29, 0.717) is 5.57 Å². The molecule has 14 heavy (non-hydrogen) atoms. The smallest absolute Gasteiger partial charge is 0.0738 e. The summed E-state index contributed by atoms with van der Waals surface area (Å²) in [7, 11) is 0. The van der Waals surface area contributed by atoms with Gasteiger partial charge in [-0.05, 0) is 23.8 Å². The average molecular weight is 255 g/mol. The molecule has 1 aromatic carbocycles. The molecule has 3 heteroatoms. The molecular weight excluding hydrogens is 244 g/mol. The van der Waals surface area contributed by atoms with E-state index in [-0.39, 0.29) is 13.2 Å². The normalized spacial score (nSPS) is 9.36. The molecule has 0 saturated heterocycles. The SMILES string of the molecule is OCC(=C=Cc1cccc(Br)c1)CO. The van der Waals surface area contributed by atoms with Crippen LogP contribution >= 0.6 is 15.9 Å². The third-order valence-corrected chi connectivity index (χ3v) is 2.17. The number of aliphatic hydroxyl groups is 2. The van der Waals surface area contributed by atoms with Crippen molar-refractivity contribution in [2.24, 2.45) is 0 Å². The Morgan fingerprint density at radius 1 is 1.36 bits per heavy atom. The minimum absolute atomic E-state index is 0.166. The molecular formula is C11H11BrO2. The lowest BCUT2D eigenvalue weighted by molar-refractivity contribution is 0.277. The standard InChI is InChI=1S/C11H11BrO2/c12-11-3-1-2-9(6-11)4-5-10(7-13)8-14/h1-4,6,13-14H,7-8H2. The predicted octanol–water partition coefficient (Wildman–Crippen LogP) is 1.97. The molecule has 0 aliphatic carbocycles. The highest BCUT2D eigenvalue weighted by Crippen LogP contribution is 2.12. The van der Waals surface area contributed by atoms with Crippen LogP contribution < -0.4 is 0 Å². The lowest BCUT2D eigenvalue weighted by Crippen LogP contribution is -1.93. The van der Waals surface area contributed by atoms with Crippen LogP contribution in [0.2, 0.25) is 0 Å². The quantitative estimate of drug-likeness (QED) is 0.811. The zero-order valence-corrected chi connectivity index (χ0v) is 9.16. The van der Waals surface area contributed by atoms with Crippen LogP contribution in [0.25, 0.3) is 6.08 Å². The Kier molecular flexibility index (Phi) is 4.63. The number of hydrogen-bond donors (Lipinski definition) is 2. The van der Waals surface area contributed by atoms with E-state index < -0.39 is 0 Å². The summed E-state index contributed by atoms with van der Waals surface area (Å²) in [6.45, 7) is -0.331. The van der Waals surface area contributed by atoms with Gasteiger partial charge in [0, 0.05) is 10.0 Å². The maximum Gasteiger partial charge on any atom is 0.0738 e. The average Bonchev–Trinajstić information content (AvgIpc) is 2.19. The summed E-state index contributed by atoms with van der Waals surface area (Å²) in [4.78, 5) is 0. The first-order valence-electron chi connectivity index (χ1n) is 4.18. The zero-order valence-electron chi connectivity index (χ0n) is 7.57. The molecule has 1 rings (SSSR count). The fraction of sp³-hybridized carbons (Fsp3) is 0.182. The van der Waals surface area contributed by atoms with Gasteiger partial charge in [-0.2, -0.15) is 0 Å². The van der Waals surface area contributed by atoms with E-state index in [4.69, 9.17) is 10.2 Å². The number of rotatable bonds is 3. The van der Waals surface area contributed by atoms with Crippen molar-refractivity contribution in [1.82, 2.24) is 0 Å². The molecule has 1 aromatic rings. The van der Waals surface area contributed by atoms with Crippen molar-refractivity contribution in [2.45, 2.75) is 0 Å². The van der Waals surface area contributed by atoms with Gasteiger partial charge in [-0.3, -0.25) is 0 Å². The highest BCUT2D eigenvalue weighted by atomic mass is 79.9. The Hall–Kier alpha value is -0.860. The number of halogens is 1. The fourth-order valence-electron chi connectivity index (χ4n) is 0.923. The Morgan fingerprint density at radius 3 is 2.64 bits per heavy atom. The van der Waals surface area contributed by atoms with Crippen LogP contribution in [0.4, 0.5) is 0 Å². The van der Waals surface area contributed by atoms with Crippen molar-refractivity contribution in [3.63, 3.8) is 0 Å². The Morgan fingerprint density at radius 2 is 2.07 bits per heavy atom. The van der Waals surface area contributed by atoms with Gasteiger partial charge in [-0.25, -0.2) is 0 Å². The Labute approximate surface area is 91.3 Å². The van der Waals surface area contributed by atoms with Crippen molar-refractivity contribution in [2.75, 3.05) is 13.2 Å². The Bertz CT molecular complexity index is 359. The lowest BCUT2D eigenvalue weighted by Gasteiger charge is -1.94. The summed E-state index contributed by atoms with van der Waals surface area (Å²) in [5.74, 6) is 0. The molecule has 0 aromatic heterocycles. The van der Waals surface area contributed by atoms with Crippen LogP contribution in [-0.2, 0) is 0 Å². The van der Waals surface area contributed by atoms with Crippen LogP contribution in [-0.4, -0.2) is 23.4 Å². The number of aliphatic hydroxyl groups excluding tert-OH is 2.